The van der Waals surface area contributed by atoms with Crippen molar-refractivity contribution in [1.29, 1.82) is 0 Å². The van der Waals surface area contributed by atoms with Gasteiger partial charge in [0, 0.05) is 11.6 Å². The Hall–Kier alpha value is -1.13. The number of carbonyl (C=O) groups excluding carboxylic acids is 1. The smallest absolute Gasteiger partial charge is 0.254 e. The molecule has 1 atom stereocenters. The molecule has 5 heteroatoms. The van der Waals surface area contributed by atoms with Gasteiger partial charge in [-0.25, -0.2) is 4.39 Å². The zero-order chi connectivity index (χ0) is 12.3. The molecule has 0 radical (unpaired) electrons. The molecule has 17 heavy (non-hydrogen) atoms. The number of rotatable bonds is 3. The first-order valence-electron chi connectivity index (χ1n) is 5.61. The topological polar surface area (TPSA) is 41.1 Å². The van der Waals surface area contributed by atoms with Crippen LogP contribution in [0.3, 0.4) is 0 Å². The minimum absolute atomic E-state index is 0.0420. The summed E-state index contributed by atoms with van der Waals surface area (Å²) >= 11 is 5.62. The summed E-state index contributed by atoms with van der Waals surface area (Å²) in [6.07, 6.45) is 1.05. The molecule has 1 amide bonds. The van der Waals surface area contributed by atoms with Gasteiger partial charge in [-0.15, -0.1) is 0 Å². The summed E-state index contributed by atoms with van der Waals surface area (Å²) < 4.78 is 13.4. The number of nitrogens with one attached hydrogen (secondary N) is 2. The number of hydrogen-bond acceptors (Lipinski definition) is 2. The molecule has 0 aliphatic carbocycles. The minimum atomic E-state index is -0.584. The first-order valence-corrected chi connectivity index (χ1v) is 5.98. The lowest BCUT2D eigenvalue weighted by Gasteiger charge is -2.10. The predicted octanol–water partition coefficient (Wildman–Crippen LogP) is 1.82. The molecule has 0 bridgehead atoms. The van der Waals surface area contributed by atoms with Crippen molar-refractivity contribution < 1.29 is 9.18 Å². The zero-order valence-corrected chi connectivity index (χ0v) is 10.1. The van der Waals surface area contributed by atoms with Crippen molar-refractivity contribution in [3.63, 3.8) is 0 Å². The Kier molecular flexibility index (Phi) is 3.97. The molecule has 0 spiro atoms. The second kappa shape index (κ2) is 5.47. The van der Waals surface area contributed by atoms with E-state index in [1.807, 2.05) is 0 Å². The number of hydrogen-bond donors (Lipinski definition) is 2. The highest BCUT2D eigenvalue weighted by Gasteiger charge is 2.17. The van der Waals surface area contributed by atoms with Crippen molar-refractivity contribution in [2.75, 3.05) is 19.6 Å². The Bertz CT molecular complexity index is 419. The van der Waals surface area contributed by atoms with Crippen LogP contribution in [0.4, 0.5) is 4.39 Å². The van der Waals surface area contributed by atoms with Gasteiger partial charge in [-0.1, -0.05) is 11.6 Å². The molecule has 0 saturated carbocycles. The highest BCUT2D eigenvalue weighted by molar-refractivity contribution is 6.30. The molecule has 92 valence electrons. The molecule has 0 aromatic heterocycles. The van der Waals surface area contributed by atoms with E-state index in [-0.39, 0.29) is 11.5 Å². The van der Waals surface area contributed by atoms with E-state index in [4.69, 9.17) is 11.6 Å². The Morgan fingerprint density at radius 1 is 1.59 bits per heavy atom. The lowest BCUT2D eigenvalue weighted by atomic mass is 10.1. The lowest BCUT2D eigenvalue weighted by Crippen LogP contribution is -2.30. The fourth-order valence-corrected chi connectivity index (χ4v) is 2.05. The van der Waals surface area contributed by atoms with Crippen molar-refractivity contribution in [3.05, 3.63) is 34.6 Å². The molecule has 2 N–H and O–H groups in total. The van der Waals surface area contributed by atoms with Gasteiger partial charge >= 0.3 is 0 Å². The van der Waals surface area contributed by atoms with Crippen LogP contribution >= 0.6 is 11.6 Å². The van der Waals surface area contributed by atoms with E-state index in [0.717, 1.165) is 25.6 Å². The van der Waals surface area contributed by atoms with E-state index in [1.54, 1.807) is 0 Å². The van der Waals surface area contributed by atoms with Crippen LogP contribution < -0.4 is 10.6 Å². The fraction of sp³-hybridized carbons (Fsp3) is 0.417. The highest BCUT2D eigenvalue weighted by Crippen LogP contribution is 2.14. The van der Waals surface area contributed by atoms with Crippen LogP contribution in [0.15, 0.2) is 18.2 Å². The summed E-state index contributed by atoms with van der Waals surface area (Å²) in [7, 11) is 0. The number of benzene rings is 1. The van der Waals surface area contributed by atoms with Gasteiger partial charge in [0.2, 0.25) is 0 Å². The third kappa shape index (κ3) is 3.17. The van der Waals surface area contributed by atoms with Gasteiger partial charge in [0.05, 0.1) is 5.56 Å². The summed E-state index contributed by atoms with van der Waals surface area (Å²) in [6.45, 7) is 2.47. The SMILES string of the molecule is O=C(NCC1CCNC1)c1ccc(Cl)cc1F. The van der Waals surface area contributed by atoms with E-state index in [1.165, 1.54) is 12.1 Å². The zero-order valence-electron chi connectivity index (χ0n) is 9.30. The molecule has 1 aromatic rings. The van der Waals surface area contributed by atoms with Gasteiger partial charge in [0.15, 0.2) is 0 Å². The second-order valence-corrected chi connectivity index (χ2v) is 4.63. The Labute approximate surface area is 104 Å². The van der Waals surface area contributed by atoms with Crippen LogP contribution in [0.25, 0.3) is 0 Å². The summed E-state index contributed by atoms with van der Waals surface area (Å²) in [4.78, 5) is 11.7. The standard InChI is InChI=1S/C12H14ClFN2O/c13-9-1-2-10(11(14)5-9)12(17)16-7-8-3-4-15-6-8/h1-2,5,8,15H,3-4,6-7H2,(H,16,17). The third-order valence-corrected chi connectivity index (χ3v) is 3.12. The lowest BCUT2D eigenvalue weighted by molar-refractivity contribution is 0.0944. The highest BCUT2D eigenvalue weighted by atomic mass is 35.5. The molecule has 2 rings (SSSR count). The predicted molar refractivity (Wildman–Crippen MR) is 64.7 cm³/mol. The normalized spacial score (nSPS) is 19.3. The molecule has 1 unspecified atom stereocenters. The molecular formula is C12H14ClFN2O. The summed E-state index contributed by atoms with van der Waals surface area (Å²) in [5, 5.41) is 6.24. The third-order valence-electron chi connectivity index (χ3n) is 2.89. The van der Waals surface area contributed by atoms with E-state index < -0.39 is 5.82 Å². The maximum absolute atomic E-state index is 13.4. The number of carbonyl (C=O) groups is 1. The van der Waals surface area contributed by atoms with Crippen LogP contribution in [-0.4, -0.2) is 25.5 Å². The Balaban J connectivity index is 1.94. The summed E-state index contributed by atoms with van der Waals surface area (Å²) in [6, 6.07) is 4.06. The van der Waals surface area contributed by atoms with Crippen LogP contribution in [0.5, 0.6) is 0 Å². The van der Waals surface area contributed by atoms with Gasteiger partial charge in [0.1, 0.15) is 5.82 Å². The van der Waals surface area contributed by atoms with Crippen molar-refractivity contribution in [1.82, 2.24) is 10.6 Å². The molecule has 1 aliphatic rings. The van der Waals surface area contributed by atoms with Crippen LogP contribution in [0.2, 0.25) is 5.02 Å². The summed E-state index contributed by atoms with van der Waals surface area (Å²) in [5.41, 5.74) is 0.0420. The molecule has 1 aliphatic heterocycles. The molecule has 1 heterocycles. The van der Waals surface area contributed by atoms with E-state index in [9.17, 15) is 9.18 Å². The largest absolute Gasteiger partial charge is 0.352 e. The monoisotopic (exact) mass is 256 g/mol. The van der Waals surface area contributed by atoms with Gasteiger partial charge in [-0.3, -0.25) is 4.79 Å². The van der Waals surface area contributed by atoms with Crippen LogP contribution in [-0.2, 0) is 0 Å². The van der Waals surface area contributed by atoms with E-state index >= 15 is 0 Å². The number of halogens is 2. The Morgan fingerprint density at radius 2 is 2.41 bits per heavy atom. The van der Waals surface area contributed by atoms with E-state index in [2.05, 4.69) is 10.6 Å². The fourth-order valence-electron chi connectivity index (χ4n) is 1.89. The molecular weight excluding hydrogens is 243 g/mol. The van der Waals surface area contributed by atoms with Gasteiger partial charge in [0.25, 0.3) is 5.91 Å². The van der Waals surface area contributed by atoms with Crippen molar-refractivity contribution in [2.45, 2.75) is 6.42 Å². The molecule has 1 saturated heterocycles. The summed E-state index contributed by atoms with van der Waals surface area (Å²) in [5.74, 6) is -0.528. The van der Waals surface area contributed by atoms with Gasteiger partial charge in [-0.05, 0) is 43.6 Å². The van der Waals surface area contributed by atoms with Crippen LogP contribution in [0.1, 0.15) is 16.8 Å². The quantitative estimate of drug-likeness (QED) is 0.866. The minimum Gasteiger partial charge on any atom is -0.352 e. The van der Waals surface area contributed by atoms with Crippen molar-refractivity contribution in [3.8, 4) is 0 Å². The molecule has 3 nitrogen and oxygen atoms in total. The second-order valence-electron chi connectivity index (χ2n) is 4.19. The average molecular weight is 257 g/mol. The van der Waals surface area contributed by atoms with Crippen molar-refractivity contribution in [2.24, 2.45) is 5.92 Å². The maximum Gasteiger partial charge on any atom is 0.254 e. The first-order chi connectivity index (χ1) is 8.16. The Morgan fingerprint density at radius 3 is 3.06 bits per heavy atom. The number of amides is 1. The maximum atomic E-state index is 13.4. The molecule has 1 aromatic carbocycles. The average Bonchev–Trinajstić information content (AvgIpc) is 2.78. The molecule has 1 fully saturated rings. The van der Waals surface area contributed by atoms with Crippen molar-refractivity contribution >= 4 is 17.5 Å². The van der Waals surface area contributed by atoms with Crippen LogP contribution in [0, 0.1) is 11.7 Å². The first kappa shape index (κ1) is 12.3. The van der Waals surface area contributed by atoms with Gasteiger partial charge < -0.3 is 10.6 Å². The van der Waals surface area contributed by atoms with Gasteiger partial charge in [-0.2, -0.15) is 0 Å². The van der Waals surface area contributed by atoms with E-state index in [0.29, 0.717) is 17.5 Å².